The number of ketones is 1. The molecule has 0 saturated carbocycles. The van der Waals surface area contributed by atoms with E-state index in [1.165, 1.54) is 0 Å². The average molecular weight is 276 g/mol. The predicted octanol–water partition coefficient (Wildman–Crippen LogP) is 1.13. The summed E-state index contributed by atoms with van der Waals surface area (Å²) < 4.78 is 0. The average Bonchev–Trinajstić information content (AvgIpc) is 2.41. The third kappa shape index (κ3) is 3.49. The van der Waals surface area contributed by atoms with Crippen LogP contribution in [0.25, 0.3) is 0 Å². The molecule has 1 fully saturated rings. The number of nitrogen functional groups attached to an aromatic ring is 1. The Morgan fingerprint density at radius 2 is 2.15 bits per heavy atom. The normalized spacial score (nSPS) is 20.9. The maximum atomic E-state index is 11.5. The summed E-state index contributed by atoms with van der Waals surface area (Å²) in [7, 11) is 4.31. The van der Waals surface area contributed by atoms with E-state index in [0.29, 0.717) is 17.3 Å². The summed E-state index contributed by atoms with van der Waals surface area (Å²) in [5.41, 5.74) is 7.88. The molecule has 5 nitrogen and oxygen atoms in total. The first-order valence-corrected chi connectivity index (χ1v) is 7.00. The number of nitrogens with zero attached hydrogens (tertiary/aromatic N) is 2. The number of Topliss-reactive ketones (excluding diaryl/α,β-unsaturated/α-hetero) is 1. The van der Waals surface area contributed by atoms with Crippen molar-refractivity contribution in [2.45, 2.75) is 13.0 Å². The van der Waals surface area contributed by atoms with Gasteiger partial charge in [-0.3, -0.25) is 9.69 Å². The minimum absolute atomic E-state index is 0.000618. The van der Waals surface area contributed by atoms with Gasteiger partial charge in [0.2, 0.25) is 0 Å². The molecule has 110 valence electrons. The van der Waals surface area contributed by atoms with Crippen molar-refractivity contribution in [3.63, 3.8) is 0 Å². The van der Waals surface area contributed by atoms with Crippen molar-refractivity contribution in [3.8, 4) is 0 Å². The smallest absolute Gasteiger partial charge is 0.161 e. The van der Waals surface area contributed by atoms with Gasteiger partial charge in [-0.2, -0.15) is 0 Å². The van der Waals surface area contributed by atoms with E-state index in [0.717, 1.165) is 31.9 Å². The first-order valence-electron chi connectivity index (χ1n) is 7.00. The van der Waals surface area contributed by atoms with E-state index in [-0.39, 0.29) is 5.78 Å². The van der Waals surface area contributed by atoms with Gasteiger partial charge in [0.15, 0.2) is 5.78 Å². The Balaban J connectivity index is 2.00. The molecule has 0 spiro atoms. The highest BCUT2D eigenvalue weighted by Gasteiger charge is 2.21. The largest absolute Gasteiger partial charge is 0.398 e. The van der Waals surface area contributed by atoms with Gasteiger partial charge < -0.3 is 16.0 Å². The number of carbonyl (C=O) groups is 1. The van der Waals surface area contributed by atoms with Crippen molar-refractivity contribution < 1.29 is 4.79 Å². The number of likely N-dealkylation sites (N-methyl/N-ethyl adjacent to an activating group) is 2. The third-order valence-corrected chi connectivity index (χ3v) is 3.95. The second-order valence-corrected chi connectivity index (χ2v) is 5.64. The van der Waals surface area contributed by atoms with E-state index in [4.69, 9.17) is 5.73 Å². The van der Waals surface area contributed by atoms with Crippen molar-refractivity contribution in [2.24, 2.45) is 0 Å². The molecule has 1 aromatic carbocycles. The molecule has 1 aliphatic heterocycles. The van der Waals surface area contributed by atoms with Crippen LogP contribution in [0.5, 0.6) is 0 Å². The number of rotatable bonds is 4. The van der Waals surface area contributed by atoms with Gasteiger partial charge in [0.25, 0.3) is 0 Å². The van der Waals surface area contributed by atoms with E-state index < -0.39 is 0 Å². The molecule has 0 bridgehead atoms. The van der Waals surface area contributed by atoms with Crippen molar-refractivity contribution in [1.29, 1.82) is 0 Å². The number of nitrogens with two attached hydrogens (primary N) is 1. The van der Waals surface area contributed by atoms with E-state index in [2.05, 4.69) is 29.2 Å². The summed E-state index contributed by atoms with van der Waals surface area (Å²) in [5.74, 6) is 0.000618. The summed E-state index contributed by atoms with van der Waals surface area (Å²) in [4.78, 5) is 16.2. The Bertz CT molecular complexity index is 489. The minimum Gasteiger partial charge on any atom is -0.398 e. The van der Waals surface area contributed by atoms with Gasteiger partial charge in [-0.25, -0.2) is 0 Å². The Morgan fingerprint density at radius 1 is 1.40 bits per heavy atom. The lowest BCUT2D eigenvalue weighted by Gasteiger charge is -2.37. The fraction of sp³-hybridized carbons (Fsp3) is 0.533. The van der Waals surface area contributed by atoms with Crippen molar-refractivity contribution in [3.05, 3.63) is 23.8 Å². The van der Waals surface area contributed by atoms with Crippen LogP contribution in [0.4, 0.5) is 11.4 Å². The Morgan fingerprint density at radius 3 is 2.85 bits per heavy atom. The predicted molar refractivity (Wildman–Crippen MR) is 83.3 cm³/mol. The molecule has 1 aromatic rings. The van der Waals surface area contributed by atoms with Crippen LogP contribution < -0.4 is 11.1 Å². The van der Waals surface area contributed by atoms with Crippen molar-refractivity contribution >= 4 is 17.2 Å². The second kappa shape index (κ2) is 6.24. The molecule has 1 unspecified atom stereocenters. The zero-order chi connectivity index (χ0) is 14.7. The van der Waals surface area contributed by atoms with Crippen LogP contribution >= 0.6 is 0 Å². The Kier molecular flexibility index (Phi) is 4.62. The number of hydrogen-bond acceptors (Lipinski definition) is 5. The molecule has 0 aliphatic carbocycles. The number of nitrogens with one attached hydrogen (secondary N) is 1. The zero-order valence-electron chi connectivity index (χ0n) is 12.5. The fourth-order valence-electron chi connectivity index (χ4n) is 2.53. The number of hydrogen-bond donors (Lipinski definition) is 2. The number of piperazine rings is 1. The minimum atomic E-state index is 0.000618. The first-order chi connectivity index (χ1) is 9.47. The van der Waals surface area contributed by atoms with Gasteiger partial charge in [-0.05, 0) is 39.2 Å². The van der Waals surface area contributed by atoms with E-state index in [9.17, 15) is 4.79 Å². The molecule has 20 heavy (non-hydrogen) atoms. The summed E-state index contributed by atoms with van der Waals surface area (Å²) in [6.45, 7) is 5.66. The quantitative estimate of drug-likeness (QED) is 0.637. The molecule has 0 radical (unpaired) electrons. The molecule has 0 amide bonds. The lowest BCUT2D eigenvalue weighted by Crippen LogP contribution is -2.52. The molecule has 1 heterocycles. The molecular weight excluding hydrogens is 252 g/mol. The lowest BCUT2D eigenvalue weighted by molar-refractivity contribution is 0.101. The topological polar surface area (TPSA) is 61.6 Å². The van der Waals surface area contributed by atoms with Crippen LogP contribution in [0.1, 0.15) is 17.3 Å². The fourth-order valence-corrected chi connectivity index (χ4v) is 2.53. The summed E-state index contributed by atoms with van der Waals surface area (Å²) >= 11 is 0. The van der Waals surface area contributed by atoms with Gasteiger partial charge in [0.05, 0.1) is 0 Å². The molecule has 1 saturated heterocycles. The summed E-state index contributed by atoms with van der Waals surface area (Å²) in [5, 5.41) is 3.41. The number of anilines is 2. The van der Waals surface area contributed by atoms with E-state index in [1.54, 1.807) is 13.0 Å². The van der Waals surface area contributed by atoms with Gasteiger partial charge in [0, 0.05) is 49.2 Å². The molecular formula is C15H24N4O. The highest BCUT2D eigenvalue weighted by molar-refractivity contribution is 6.00. The van der Waals surface area contributed by atoms with Crippen molar-refractivity contribution in [1.82, 2.24) is 9.80 Å². The van der Waals surface area contributed by atoms with Crippen LogP contribution in [0, 0.1) is 0 Å². The lowest BCUT2D eigenvalue weighted by atomic mass is 10.1. The monoisotopic (exact) mass is 276 g/mol. The Labute approximate surface area is 120 Å². The van der Waals surface area contributed by atoms with Crippen LogP contribution in [-0.4, -0.2) is 61.9 Å². The van der Waals surface area contributed by atoms with E-state index >= 15 is 0 Å². The van der Waals surface area contributed by atoms with Gasteiger partial charge >= 0.3 is 0 Å². The number of carbonyl (C=O) groups excluding carboxylic acids is 1. The molecule has 1 aliphatic rings. The number of benzene rings is 1. The summed E-state index contributed by atoms with van der Waals surface area (Å²) in [6, 6.07) is 6.03. The third-order valence-electron chi connectivity index (χ3n) is 3.95. The van der Waals surface area contributed by atoms with E-state index in [1.807, 2.05) is 12.1 Å². The molecule has 2 rings (SSSR count). The maximum absolute atomic E-state index is 11.5. The highest BCUT2D eigenvalue weighted by atomic mass is 16.1. The molecule has 3 N–H and O–H groups in total. The van der Waals surface area contributed by atoms with Gasteiger partial charge in [-0.1, -0.05) is 0 Å². The van der Waals surface area contributed by atoms with Crippen molar-refractivity contribution in [2.75, 3.05) is 51.3 Å². The molecule has 0 aromatic heterocycles. The molecule has 1 atom stereocenters. The van der Waals surface area contributed by atoms with Gasteiger partial charge in [0.1, 0.15) is 0 Å². The molecule has 5 heteroatoms. The first kappa shape index (κ1) is 14.8. The van der Waals surface area contributed by atoms with Crippen LogP contribution in [0.3, 0.4) is 0 Å². The standard InChI is InChI=1S/C15H24N4O/c1-11(20)14-8-12(4-5-15(14)16)17-9-13-10-18(2)6-7-19(13)3/h4-5,8,13,17H,6-7,9-10,16H2,1-3H3. The maximum Gasteiger partial charge on any atom is 0.161 e. The second-order valence-electron chi connectivity index (χ2n) is 5.64. The van der Waals surface area contributed by atoms with Crippen LogP contribution in [0.15, 0.2) is 18.2 Å². The summed E-state index contributed by atoms with van der Waals surface area (Å²) in [6.07, 6.45) is 0. The van der Waals surface area contributed by atoms with Crippen LogP contribution in [0.2, 0.25) is 0 Å². The highest BCUT2D eigenvalue weighted by Crippen LogP contribution is 2.19. The Hall–Kier alpha value is -1.59. The van der Waals surface area contributed by atoms with Gasteiger partial charge in [-0.15, -0.1) is 0 Å². The SMILES string of the molecule is CC(=O)c1cc(NCC2CN(C)CCN2C)ccc1N. The van der Waals surface area contributed by atoms with Crippen LogP contribution in [-0.2, 0) is 0 Å². The zero-order valence-corrected chi connectivity index (χ0v) is 12.5.